The predicted octanol–water partition coefficient (Wildman–Crippen LogP) is 1.84. The largest absolute Gasteiger partial charge is 1.00 e. The standard InChI is InChI=1S/C21H18Cl2N2O8S2.2CH4.Na/c1-2-13(7-20-24(11-34(26,27)28)16-9-14(22)3-5-18(16)32-20)8-21-25(12-35(29,30)31)17-10-15(23)4-6-19(17)33-21;;;/h3-10H,2,11-12H2,1H3,(H-,26,27,28,29,30,31);2*1H4;/q;;;+1/p-1. The molecule has 0 radical (unpaired) electrons. The quantitative estimate of drug-likeness (QED) is 0.221. The van der Waals surface area contributed by atoms with Gasteiger partial charge in [0.15, 0.2) is 15.9 Å². The van der Waals surface area contributed by atoms with Crippen molar-refractivity contribution in [3.63, 3.8) is 0 Å². The molecule has 0 bridgehead atoms. The van der Waals surface area contributed by atoms with Gasteiger partial charge >= 0.3 is 35.4 Å². The summed E-state index contributed by atoms with van der Waals surface area (Å²) in [6.07, 6.45) is 3.33. The van der Waals surface area contributed by atoms with Crippen molar-refractivity contribution in [3.8, 4) is 5.75 Å². The van der Waals surface area contributed by atoms with Gasteiger partial charge in [-0.2, -0.15) is 0 Å². The molecule has 10 nitrogen and oxygen atoms in total. The molecule has 0 saturated carbocycles. The van der Waals surface area contributed by atoms with Crippen LogP contribution >= 0.6 is 23.2 Å². The molecule has 0 fully saturated rings. The smallest absolute Gasteiger partial charge is 0.747 e. The number of anilines is 1. The maximum Gasteiger partial charge on any atom is 1.00 e. The number of oxazole rings is 1. The number of allylic oxidation sites excluding steroid dienone is 2. The van der Waals surface area contributed by atoms with Crippen molar-refractivity contribution in [3.05, 3.63) is 69.9 Å². The molecular formula is C23H25Cl2N2NaO8S2. The van der Waals surface area contributed by atoms with E-state index in [9.17, 15) is 25.9 Å². The molecule has 1 aliphatic rings. The van der Waals surface area contributed by atoms with Crippen LogP contribution in [0.5, 0.6) is 5.75 Å². The van der Waals surface area contributed by atoms with Crippen molar-refractivity contribution < 1.29 is 69.2 Å². The molecule has 3 aromatic rings. The first-order chi connectivity index (χ1) is 16.3. The molecule has 0 aliphatic carbocycles. The Bertz CT molecular complexity index is 1600. The molecule has 0 unspecified atom stereocenters. The van der Waals surface area contributed by atoms with E-state index >= 15 is 0 Å². The molecule has 0 spiro atoms. The van der Waals surface area contributed by atoms with Crippen LogP contribution in [0, 0.1) is 0 Å². The van der Waals surface area contributed by atoms with E-state index in [1.54, 1.807) is 19.1 Å². The van der Waals surface area contributed by atoms with E-state index in [0.717, 1.165) is 0 Å². The Balaban J connectivity index is 0.00000241. The van der Waals surface area contributed by atoms with Crippen molar-refractivity contribution in [1.82, 2.24) is 0 Å². The SMILES string of the molecule is C.C.CCC(=Cc1oc2ccc(Cl)cc2[n+]1CS(=O)(=O)[O-])C=C1Oc2ccc(Cl)cc2N1CS(=O)(=O)[O-].[Na+]. The monoisotopic (exact) mass is 614 g/mol. The third-order valence-corrected chi connectivity index (χ3v) is 6.60. The van der Waals surface area contributed by atoms with Crippen molar-refractivity contribution in [1.29, 1.82) is 0 Å². The van der Waals surface area contributed by atoms with Gasteiger partial charge in [-0.1, -0.05) is 45.0 Å². The van der Waals surface area contributed by atoms with Crippen molar-refractivity contribution >= 4 is 66.3 Å². The third kappa shape index (κ3) is 8.20. The first-order valence-electron chi connectivity index (χ1n) is 9.99. The Labute approximate surface area is 254 Å². The molecule has 2 aromatic carbocycles. The summed E-state index contributed by atoms with van der Waals surface area (Å²) < 4.78 is 81.9. The summed E-state index contributed by atoms with van der Waals surface area (Å²) in [6.45, 7) is 1.78. The number of hydrogen-bond donors (Lipinski definition) is 0. The summed E-state index contributed by atoms with van der Waals surface area (Å²) in [5.41, 5.74) is 1.40. The summed E-state index contributed by atoms with van der Waals surface area (Å²) in [5.74, 6) is -1.43. The number of ether oxygens (including phenoxy) is 1. The number of fused-ring (bicyclic) bond motifs is 2. The van der Waals surface area contributed by atoms with Gasteiger partial charge in [-0.25, -0.2) is 16.8 Å². The Morgan fingerprint density at radius 3 is 2.26 bits per heavy atom. The minimum Gasteiger partial charge on any atom is -0.747 e. The van der Waals surface area contributed by atoms with Gasteiger partial charge < -0.3 is 18.3 Å². The second-order valence-electron chi connectivity index (χ2n) is 7.55. The number of halogens is 2. The average Bonchev–Trinajstić information content (AvgIpc) is 3.23. The number of rotatable bonds is 7. The predicted molar refractivity (Wildman–Crippen MR) is 140 cm³/mol. The van der Waals surface area contributed by atoms with Crippen LogP contribution in [0.25, 0.3) is 17.2 Å². The maximum atomic E-state index is 11.5. The number of benzene rings is 2. The van der Waals surface area contributed by atoms with Crippen LogP contribution < -0.4 is 43.8 Å². The van der Waals surface area contributed by atoms with Crippen molar-refractivity contribution in [2.24, 2.45) is 0 Å². The number of nitrogens with zero attached hydrogens (tertiary/aromatic N) is 2. The van der Waals surface area contributed by atoms with Crippen LogP contribution in [-0.2, 0) is 26.1 Å². The minimum absolute atomic E-state index is 0. The summed E-state index contributed by atoms with van der Waals surface area (Å²) in [4.78, 5) is 1.17. The third-order valence-electron chi connectivity index (χ3n) is 4.99. The van der Waals surface area contributed by atoms with Gasteiger partial charge in [0.1, 0.15) is 16.0 Å². The molecular weight excluding hydrogens is 590 g/mol. The van der Waals surface area contributed by atoms with Gasteiger partial charge in [0.25, 0.3) is 5.52 Å². The Morgan fingerprint density at radius 2 is 1.66 bits per heavy atom. The molecule has 4 rings (SSSR count). The van der Waals surface area contributed by atoms with Gasteiger partial charge in [0.05, 0.1) is 11.8 Å². The molecule has 0 saturated heterocycles. The summed E-state index contributed by atoms with van der Waals surface area (Å²) >= 11 is 12.1. The summed E-state index contributed by atoms with van der Waals surface area (Å²) in [6, 6.07) is 9.11. The van der Waals surface area contributed by atoms with Crippen LogP contribution in [0.15, 0.2) is 58.3 Å². The van der Waals surface area contributed by atoms with E-state index in [4.69, 9.17) is 32.4 Å². The Kier molecular flexibility index (Phi) is 11.9. The molecule has 1 aliphatic heterocycles. The second kappa shape index (κ2) is 13.2. The van der Waals surface area contributed by atoms with Crippen LogP contribution in [0.1, 0.15) is 34.1 Å². The summed E-state index contributed by atoms with van der Waals surface area (Å²) in [7, 11) is -9.38. The maximum absolute atomic E-state index is 11.5. The first-order valence-corrected chi connectivity index (χ1v) is 13.9. The molecule has 0 N–H and O–H groups in total. The van der Waals surface area contributed by atoms with Crippen molar-refractivity contribution in [2.75, 3.05) is 10.8 Å². The van der Waals surface area contributed by atoms with Gasteiger partial charge in [-0.3, -0.25) is 4.90 Å². The zero-order valence-electron chi connectivity index (χ0n) is 19.0. The van der Waals surface area contributed by atoms with Gasteiger partial charge in [0, 0.05) is 22.2 Å². The van der Waals surface area contributed by atoms with Crippen LogP contribution in [-0.4, -0.2) is 31.8 Å². The zero-order valence-corrected chi connectivity index (χ0v) is 24.1. The van der Waals surface area contributed by atoms with Crippen molar-refractivity contribution in [2.45, 2.75) is 34.1 Å². The average molecular weight is 615 g/mol. The fraction of sp³-hybridized carbons (Fsp3) is 0.261. The number of aromatic nitrogens is 1. The fourth-order valence-corrected chi connectivity index (χ4v) is 5.01. The Hall–Kier alpha value is -1.61. The number of hydrogen-bond acceptors (Lipinski definition) is 9. The molecule has 38 heavy (non-hydrogen) atoms. The van der Waals surface area contributed by atoms with E-state index in [2.05, 4.69) is 0 Å². The molecule has 1 aromatic heterocycles. The molecule has 2 heterocycles. The van der Waals surface area contributed by atoms with E-state index < -0.39 is 32.0 Å². The van der Waals surface area contributed by atoms with E-state index in [0.29, 0.717) is 44.6 Å². The second-order valence-corrected chi connectivity index (χ2v) is 11.2. The topological polar surface area (TPSA) is 144 Å². The first kappa shape index (κ1) is 34.4. The molecule has 202 valence electrons. The van der Waals surface area contributed by atoms with Crippen LogP contribution in [0.3, 0.4) is 0 Å². The van der Waals surface area contributed by atoms with Crippen LogP contribution in [0.2, 0.25) is 10.0 Å². The van der Waals surface area contributed by atoms with Crippen LogP contribution in [0.4, 0.5) is 5.69 Å². The van der Waals surface area contributed by atoms with E-state index in [-0.39, 0.29) is 56.2 Å². The van der Waals surface area contributed by atoms with E-state index in [1.165, 1.54) is 45.9 Å². The Morgan fingerprint density at radius 1 is 1.03 bits per heavy atom. The zero-order chi connectivity index (χ0) is 25.5. The molecule has 0 amide bonds. The van der Waals surface area contributed by atoms with Gasteiger partial charge in [-0.05, 0) is 42.3 Å². The molecule has 15 heteroatoms. The summed E-state index contributed by atoms with van der Waals surface area (Å²) in [5, 5.41) is 0.628. The van der Waals surface area contributed by atoms with E-state index in [1.807, 2.05) is 0 Å². The van der Waals surface area contributed by atoms with Gasteiger partial charge in [-0.15, -0.1) is 4.57 Å². The normalized spacial score (nSPS) is 14.4. The molecule has 0 atom stereocenters. The fourth-order valence-electron chi connectivity index (χ4n) is 3.51. The minimum atomic E-state index is -4.69. The van der Waals surface area contributed by atoms with Gasteiger partial charge in [0.2, 0.25) is 17.3 Å².